The number of hydrazine groups is 1. The summed E-state index contributed by atoms with van der Waals surface area (Å²) in [6.07, 6.45) is -0.0551. The molecular weight excluding hydrogens is 334 g/mol. The van der Waals surface area contributed by atoms with Gasteiger partial charge in [-0.05, 0) is 28.7 Å². The van der Waals surface area contributed by atoms with Gasteiger partial charge >= 0.3 is 0 Å². The van der Waals surface area contributed by atoms with Crippen LogP contribution in [0.4, 0.5) is 0 Å². The van der Waals surface area contributed by atoms with E-state index in [1.165, 1.54) is 11.1 Å². The molecule has 4 nitrogen and oxygen atoms in total. The van der Waals surface area contributed by atoms with E-state index in [1.807, 2.05) is 48.5 Å². The Balaban J connectivity index is 1.51. The lowest BCUT2D eigenvalue weighted by molar-refractivity contribution is 0.0877. The van der Waals surface area contributed by atoms with Crippen molar-refractivity contribution in [2.45, 2.75) is 25.1 Å². The predicted octanol–water partition coefficient (Wildman–Crippen LogP) is 2.96. The minimum absolute atomic E-state index is 0.328. The van der Waals surface area contributed by atoms with Crippen LogP contribution in [0.25, 0.3) is 11.1 Å². The Bertz CT molecular complexity index is 806. The number of nitrogens with zero attached hydrogens (tertiary/aromatic N) is 1. The molecule has 0 aliphatic carbocycles. The van der Waals surface area contributed by atoms with Gasteiger partial charge < -0.3 is 10.8 Å². The van der Waals surface area contributed by atoms with Crippen LogP contribution in [0.1, 0.15) is 11.1 Å². The summed E-state index contributed by atoms with van der Waals surface area (Å²) in [5, 5.41) is 12.0. The fourth-order valence-corrected chi connectivity index (χ4v) is 3.13. The first-order valence-corrected chi connectivity index (χ1v) is 9.23. The van der Waals surface area contributed by atoms with E-state index in [0.29, 0.717) is 19.5 Å². The second-order valence-corrected chi connectivity index (χ2v) is 6.91. The van der Waals surface area contributed by atoms with Crippen LogP contribution >= 0.6 is 0 Å². The molecule has 0 spiro atoms. The van der Waals surface area contributed by atoms with Crippen molar-refractivity contribution in [2.24, 2.45) is 11.6 Å². The average molecular weight is 361 g/mol. The monoisotopic (exact) mass is 361 g/mol. The van der Waals surface area contributed by atoms with Crippen LogP contribution in [-0.4, -0.2) is 28.8 Å². The van der Waals surface area contributed by atoms with Crippen LogP contribution in [0, 0.1) is 0 Å². The van der Waals surface area contributed by atoms with Crippen LogP contribution in [0.2, 0.25) is 0 Å². The van der Waals surface area contributed by atoms with Gasteiger partial charge in [0.25, 0.3) is 0 Å². The van der Waals surface area contributed by atoms with Gasteiger partial charge in [-0.25, -0.2) is 5.01 Å². The van der Waals surface area contributed by atoms with Crippen LogP contribution in [0.15, 0.2) is 84.9 Å². The fourth-order valence-electron chi connectivity index (χ4n) is 3.13. The van der Waals surface area contributed by atoms with E-state index in [0.717, 1.165) is 11.1 Å². The lowest BCUT2D eigenvalue weighted by Crippen LogP contribution is -2.46. The molecule has 2 atom stereocenters. The first kappa shape index (κ1) is 19.3. The van der Waals surface area contributed by atoms with Crippen molar-refractivity contribution in [1.29, 1.82) is 0 Å². The van der Waals surface area contributed by atoms with E-state index >= 15 is 0 Å². The molecule has 0 aliphatic heterocycles. The van der Waals surface area contributed by atoms with Crippen LogP contribution in [0.5, 0.6) is 0 Å². The molecule has 3 aromatic rings. The molecule has 0 amide bonds. The smallest absolute Gasteiger partial charge is 0.0835 e. The van der Waals surface area contributed by atoms with Crippen LogP contribution < -0.4 is 11.6 Å². The lowest BCUT2D eigenvalue weighted by Gasteiger charge is -2.24. The number of hydrogen-bond donors (Lipinski definition) is 3. The first-order valence-electron chi connectivity index (χ1n) is 9.23. The highest BCUT2D eigenvalue weighted by molar-refractivity contribution is 5.63. The van der Waals surface area contributed by atoms with Crippen LogP contribution in [-0.2, 0) is 13.0 Å². The summed E-state index contributed by atoms with van der Waals surface area (Å²) in [6.45, 7) is 0.888. The molecule has 0 unspecified atom stereocenters. The number of nitrogens with two attached hydrogens (primary N) is 2. The van der Waals surface area contributed by atoms with Gasteiger partial charge in [0.15, 0.2) is 0 Å². The Hall–Kier alpha value is -2.50. The molecule has 140 valence electrons. The molecule has 27 heavy (non-hydrogen) atoms. The number of hydrogen-bond acceptors (Lipinski definition) is 4. The molecule has 0 aliphatic rings. The summed E-state index contributed by atoms with van der Waals surface area (Å²) >= 11 is 0. The van der Waals surface area contributed by atoms with Gasteiger partial charge in [0.1, 0.15) is 0 Å². The minimum Gasteiger partial charge on any atom is -0.390 e. The predicted molar refractivity (Wildman–Crippen MR) is 111 cm³/mol. The van der Waals surface area contributed by atoms with Gasteiger partial charge in [0.2, 0.25) is 0 Å². The van der Waals surface area contributed by atoms with Gasteiger partial charge in [0, 0.05) is 19.1 Å². The van der Waals surface area contributed by atoms with Crippen molar-refractivity contribution < 1.29 is 5.11 Å². The highest BCUT2D eigenvalue weighted by Crippen LogP contribution is 2.19. The molecule has 0 fully saturated rings. The van der Waals surface area contributed by atoms with Gasteiger partial charge in [0.05, 0.1) is 6.10 Å². The Morgan fingerprint density at radius 1 is 0.741 bits per heavy atom. The zero-order valence-electron chi connectivity index (χ0n) is 15.4. The summed E-state index contributed by atoms with van der Waals surface area (Å²) in [7, 11) is 0. The van der Waals surface area contributed by atoms with Crippen molar-refractivity contribution in [3.05, 3.63) is 96.1 Å². The van der Waals surface area contributed by atoms with E-state index < -0.39 is 6.10 Å². The third-order valence-electron chi connectivity index (χ3n) is 4.68. The third-order valence-corrected chi connectivity index (χ3v) is 4.68. The second-order valence-electron chi connectivity index (χ2n) is 6.91. The third kappa shape index (κ3) is 5.74. The molecular formula is C23H27N3O. The summed E-state index contributed by atoms with van der Waals surface area (Å²) in [4.78, 5) is 0. The van der Waals surface area contributed by atoms with Crippen molar-refractivity contribution in [3.63, 3.8) is 0 Å². The van der Waals surface area contributed by atoms with Crippen LogP contribution in [0.3, 0.4) is 0 Å². The summed E-state index contributed by atoms with van der Waals surface area (Å²) in [5.74, 6) is 6.10. The van der Waals surface area contributed by atoms with Gasteiger partial charge in [-0.15, -0.1) is 0 Å². The number of aliphatic hydroxyl groups excluding tert-OH is 1. The maximum Gasteiger partial charge on any atom is 0.0835 e. The van der Waals surface area contributed by atoms with Crippen molar-refractivity contribution in [2.75, 3.05) is 6.54 Å². The molecule has 0 saturated heterocycles. The highest BCUT2D eigenvalue weighted by atomic mass is 16.3. The van der Waals surface area contributed by atoms with E-state index in [4.69, 9.17) is 11.6 Å². The number of benzene rings is 3. The van der Waals surface area contributed by atoms with Crippen molar-refractivity contribution in [3.8, 4) is 11.1 Å². The quantitative estimate of drug-likeness (QED) is 0.426. The Morgan fingerprint density at radius 2 is 1.30 bits per heavy atom. The fraction of sp³-hybridized carbons (Fsp3) is 0.217. The number of aliphatic hydroxyl groups is 1. The van der Waals surface area contributed by atoms with E-state index in [-0.39, 0.29) is 6.04 Å². The Labute approximate surface area is 161 Å². The molecule has 0 saturated carbocycles. The summed E-state index contributed by atoms with van der Waals surface area (Å²) in [6, 6.07) is 28.2. The molecule has 3 rings (SSSR count). The highest BCUT2D eigenvalue weighted by Gasteiger charge is 2.17. The first-order chi connectivity index (χ1) is 13.1. The van der Waals surface area contributed by atoms with E-state index in [9.17, 15) is 5.11 Å². The molecule has 3 aromatic carbocycles. The van der Waals surface area contributed by atoms with E-state index in [1.54, 1.807) is 5.01 Å². The lowest BCUT2D eigenvalue weighted by atomic mass is 10.0. The SMILES string of the molecule is N[C@@H](Cc1ccccc1)[C@@H](O)CN(N)Cc1ccc(-c2ccccc2)cc1. The molecule has 0 bridgehead atoms. The standard InChI is InChI=1S/C23H27N3O/c24-22(15-18-7-3-1-4-8-18)23(27)17-26(25)16-19-11-13-21(14-12-19)20-9-5-2-6-10-20/h1-14,22-23,27H,15-17,24-25H2/t22-,23-/m0/s1. The van der Waals surface area contributed by atoms with Gasteiger partial charge in [-0.1, -0.05) is 84.9 Å². The van der Waals surface area contributed by atoms with Crippen molar-refractivity contribution in [1.82, 2.24) is 5.01 Å². The molecule has 0 heterocycles. The molecule has 5 N–H and O–H groups in total. The largest absolute Gasteiger partial charge is 0.390 e. The molecule has 4 heteroatoms. The maximum atomic E-state index is 10.4. The zero-order chi connectivity index (χ0) is 19.1. The second kappa shape index (κ2) is 9.44. The van der Waals surface area contributed by atoms with Gasteiger partial charge in [-0.3, -0.25) is 5.84 Å². The normalized spacial score (nSPS) is 13.5. The summed E-state index contributed by atoms with van der Waals surface area (Å²) in [5.41, 5.74) is 10.7. The summed E-state index contributed by atoms with van der Waals surface area (Å²) < 4.78 is 0. The Kier molecular flexibility index (Phi) is 6.74. The molecule has 0 aromatic heterocycles. The topological polar surface area (TPSA) is 75.5 Å². The molecule has 0 radical (unpaired) electrons. The van der Waals surface area contributed by atoms with E-state index in [2.05, 4.69) is 36.4 Å². The van der Waals surface area contributed by atoms with Crippen molar-refractivity contribution >= 4 is 0 Å². The van der Waals surface area contributed by atoms with Gasteiger partial charge in [-0.2, -0.15) is 0 Å². The minimum atomic E-state index is -0.682. The zero-order valence-corrected chi connectivity index (χ0v) is 15.4. The average Bonchev–Trinajstić information content (AvgIpc) is 2.70. The maximum absolute atomic E-state index is 10.4. The Morgan fingerprint density at radius 3 is 1.93 bits per heavy atom. The number of rotatable bonds is 8.